The Morgan fingerprint density at radius 1 is 1.08 bits per heavy atom. The van der Waals surface area contributed by atoms with E-state index >= 15 is 0 Å². The fraction of sp³-hybridized carbons (Fsp3) is 0.222. The molecule has 3 heterocycles. The van der Waals surface area contributed by atoms with Crippen molar-refractivity contribution in [1.29, 1.82) is 0 Å². The highest BCUT2D eigenvalue weighted by molar-refractivity contribution is 6.04. The molecule has 132 valence electrons. The van der Waals surface area contributed by atoms with Crippen LogP contribution in [0.5, 0.6) is 0 Å². The molecule has 26 heavy (non-hydrogen) atoms. The summed E-state index contributed by atoms with van der Waals surface area (Å²) in [5.74, 6) is 0.668. The third-order valence-corrected chi connectivity index (χ3v) is 4.15. The summed E-state index contributed by atoms with van der Waals surface area (Å²) in [5.41, 5.74) is 2.09. The van der Waals surface area contributed by atoms with Gasteiger partial charge in [0.05, 0.1) is 24.5 Å². The van der Waals surface area contributed by atoms with Gasteiger partial charge in [-0.3, -0.25) is 4.79 Å². The van der Waals surface area contributed by atoms with Gasteiger partial charge in [0.15, 0.2) is 0 Å². The minimum Gasteiger partial charge on any atom is -0.378 e. The van der Waals surface area contributed by atoms with Gasteiger partial charge in [-0.15, -0.1) is 0 Å². The van der Waals surface area contributed by atoms with Crippen molar-refractivity contribution in [3.05, 3.63) is 60.8 Å². The van der Waals surface area contributed by atoms with Crippen LogP contribution in [0.25, 0.3) is 5.69 Å². The molecule has 1 N–H and O–H groups in total. The Balaban J connectivity index is 1.41. The zero-order valence-electron chi connectivity index (χ0n) is 14.1. The molecule has 8 heteroatoms. The molecule has 0 aliphatic carbocycles. The van der Waals surface area contributed by atoms with E-state index < -0.39 is 0 Å². The van der Waals surface area contributed by atoms with Crippen LogP contribution in [0.15, 0.2) is 55.2 Å². The van der Waals surface area contributed by atoms with Gasteiger partial charge in [0.1, 0.15) is 18.5 Å². The molecule has 0 spiro atoms. The topological polar surface area (TPSA) is 85.2 Å². The largest absolute Gasteiger partial charge is 0.378 e. The van der Waals surface area contributed by atoms with Crippen molar-refractivity contribution in [3.8, 4) is 5.69 Å². The minimum atomic E-state index is -0.195. The molecule has 1 fully saturated rings. The smallest absolute Gasteiger partial charge is 0.257 e. The van der Waals surface area contributed by atoms with Crippen molar-refractivity contribution in [2.75, 3.05) is 36.5 Å². The number of carbonyl (C=O) groups excluding carboxylic acids is 1. The average molecular weight is 350 g/mol. The van der Waals surface area contributed by atoms with Crippen LogP contribution in [0, 0.1) is 0 Å². The van der Waals surface area contributed by atoms with E-state index in [2.05, 4.69) is 25.3 Å². The van der Waals surface area contributed by atoms with Gasteiger partial charge >= 0.3 is 0 Å². The van der Waals surface area contributed by atoms with Crippen molar-refractivity contribution in [3.63, 3.8) is 0 Å². The molecule has 3 aromatic rings. The van der Waals surface area contributed by atoms with Crippen LogP contribution in [0.3, 0.4) is 0 Å². The number of hydrogen-bond donors (Lipinski definition) is 1. The molecule has 1 aromatic carbocycles. The van der Waals surface area contributed by atoms with Crippen molar-refractivity contribution in [2.45, 2.75) is 0 Å². The van der Waals surface area contributed by atoms with E-state index in [0.717, 1.165) is 24.6 Å². The van der Waals surface area contributed by atoms with Crippen molar-refractivity contribution < 1.29 is 9.53 Å². The standard InChI is InChI=1S/C18H18N6O2/c25-18(14-1-6-17(20-11-14)23-7-9-26-10-8-23)22-15-2-4-16(5-3-15)24-13-19-12-21-24/h1-6,11-13H,7-10H2,(H,22,25). The van der Waals surface area contributed by atoms with E-state index in [0.29, 0.717) is 24.5 Å². The maximum atomic E-state index is 12.4. The van der Waals surface area contributed by atoms with Gasteiger partial charge in [0.2, 0.25) is 0 Å². The van der Waals surface area contributed by atoms with Gasteiger partial charge in [-0.05, 0) is 36.4 Å². The highest BCUT2D eigenvalue weighted by Crippen LogP contribution is 2.16. The highest BCUT2D eigenvalue weighted by atomic mass is 16.5. The van der Waals surface area contributed by atoms with Crippen LogP contribution in [0.4, 0.5) is 11.5 Å². The predicted octanol–water partition coefficient (Wildman–Crippen LogP) is 1.75. The van der Waals surface area contributed by atoms with E-state index in [1.165, 1.54) is 6.33 Å². The number of anilines is 2. The summed E-state index contributed by atoms with van der Waals surface area (Å²) >= 11 is 0. The second-order valence-electron chi connectivity index (χ2n) is 5.85. The number of carbonyl (C=O) groups is 1. The fourth-order valence-corrected chi connectivity index (χ4v) is 2.74. The lowest BCUT2D eigenvalue weighted by Crippen LogP contribution is -2.36. The van der Waals surface area contributed by atoms with Gasteiger partial charge in [0.25, 0.3) is 5.91 Å². The Morgan fingerprint density at radius 2 is 1.88 bits per heavy atom. The Kier molecular flexibility index (Phi) is 4.57. The first-order valence-corrected chi connectivity index (χ1v) is 8.35. The van der Waals surface area contributed by atoms with E-state index in [4.69, 9.17) is 4.74 Å². The molecule has 0 saturated carbocycles. The van der Waals surface area contributed by atoms with E-state index in [9.17, 15) is 4.79 Å². The zero-order chi connectivity index (χ0) is 17.8. The molecule has 0 bridgehead atoms. The number of aromatic nitrogens is 4. The molecule has 1 aliphatic heterocycles. The molecule has 4 rings (SSSR count). The van der Waals surface area contributed by atoms with Gasteiger partial charge in [-0.2, -0.15) is 5.10 Å². The number of hydrogen-bond acceptors (Lipinski definition) is 6. The molecule has 1 saturated heterocycles. The SMILES string of the molecule is O=C(Nc1ccc(-n2cncn2)cc1)c1ccc(N2CCOCC2)nc1. The first-order valence-electron chi connectivity index (χ1n) is 8.35. The van der Waals surface area contributed by atoms with Crippen molar-refractivity contribution in [1.82, 2.24) is 19.7 Å². The van der Waals surface area contributed by atoms with Gasteiger partial charge < -0.3 is 15.0 Å². The Hall–Kier alpha value is -3.26. The summed E-state index contributed by atoms with van der Waals surface area (Å²) in [6, 6.07) is 11.0. The van der Waals surface area contributed by atoms with Crippen molar-refractivity contribution >= 4 is 17.4 Å². The summed E-state index contributed by atoms with van der Waals surface area (Å²) in [7, 11) is 0. The molecular formula is C18H18N6O2. The molecule has 8 nitrogen and oxygen atoms in total. The zero-order valence-corrected chi connectivity index (χ0v) is 14.1. The van der Waals surface area contributed by atoms with E-state index in [-0.39, 0.29) is 5.91 Å². The second-order valence-corrected chi connectivity index (χ2v) is 5.85. The molecule has 2 aromatic heterocycles. The summed E-state index contributed by atoms with van der Waals surface area (Å²) < 4.78 is 6.99. The second kappa shape index (κ2) is 7.32. The quantitative estimate of drug-likeness (QED) is 0.772. The summed E-state index contributed by atoms with van der Waals surface area (Å²) in [6.45, 7) is 3.04. The van der Waals surface area contributed by atoms with Gasteiger partial charge in [0, 0.05) is 25.0 Å². The van der Waals surface area contributed by atoms with Gasteiger partial charge in [-0.25, -0.2) is 14.6 Å². The highest BCUT2D eigenvalue weighted by Gasteiger charge is 2.13. The number of nitrogens with one attached hydrogen (secondary N) is 1. The summed E-state index contributed by atoms with van der Waals surface area (Å²) in [4.78, 5) is 22.9. The van der Waals surface area contributed by atoms with Crippen LogP contribution in [-0.2, 0) is 4.74 Å². The summed E-state index contributed by atoms with van der Waals surface area (Å²) in [6.07, 6.45) is 4.70. The number of ether oxygens (including phenoxy) is 1. The molecule has 0 unspecified atom stereocenters. The van der Waals surface area contributed by atoms with E-state index in [1.54, 1.807) is 23.3 Å². The maximum Gasteiger partial charge on any atom is 0.257 e. The lowest BCUT2D eigenvalue weighted by atomic mass is 10.2. The molecule has 0 atom stereocenters. The molecule has 1 aliphatic rings. The van der Waals surface area contributed by atoms with Crippen LogP contribution in [0.2, 0.25) is 0 Å². The summed E-state index contributed by atoms with van der Waals surface area (Å²) in [5, 5.41) is 6.94. The predicted molar refractivity (Wildman–Crippen MR) is 96.6 cm³/mol. The number of rotatable bonds is 4. The normalized spacial score (nSPS) is 14.2. The number of pyridine rings is 1. The fourth-order valence-electron chi connectivity index (χ4n) is 2.74. The molecule has 1 amide bonds. The van der Waals surface area contributed by atoms with Crippen molar-refractivity contribution in [2.24, 2.45) is 0 Å². The van der Waals surface area contributed by atoms with Crippen LogP contribution >= 0.6 is 0 Å². The first kappa shape index (κ1) is 16.2. The van der Waals surface area contributed by atoms with Crippen LogP contribution < -0.4 is 10.2 Å². The van der Waals surface area contributed by atoms with Crippen LogP contribution in [0.1, 0.15) is 10.4 Å². The number of morpholine rings is 1. The number of benzene rings is 1. The Morgan fingerprint density at radius 3 is 2.54 bits per heavy atom. The third-order valence-electron chi connectivity index (χ3n) is 4.15. The third kappa shape index (κ3) is 3.55. The lowest BCUT2D eigenvalue weighted by molar-refractivity contribution is 0.102. The molecule has 0 radical (unpaired) electrons. The molecular weight excluding hydrogens is 332 g/mol. The lowest BCUT2D eigenvalue weighted by Gasteiger charge is -2.27. The Labute approximate surface area is 150 Å². The van der Waals surface area contributed by atoms with E-state index in [1.807, 2.05) is 30.3 Å². The van der Waals surface area contributed by atoms with Gasteiger partial charge in [-0.1, -0.05) is 0 Å². The maximum absolute atomic E-state index is 12.4. The number of amides is 1. The minimum absolute atomic E-state index is 0.195. The van der Waals surface area contributed by atoms with Crippen LogP contribution in [-0.4, -0.2) is 52.0 Å². The average Bonchev–Trinajstić information content (AvgIpc) is 3.24. The number of nitrogens with zero attached hydrogens (tertiary/aromatic N) is 5. The Bertz CT molecular complexity index is 856. The first-order chi connectivity index (χ1) is 12.8. The monoisotopic (exact) mass is 350 g/mol.